The molecule has 0 bridgehead atoms. The van der Waals surface area contributed by atoms with Crippen LogP contribution in [0.5, 0.6) is 0 Å². The van der Waals surface area contributed by atoms with Crippen LogP contribution in [0, 0.1) is 5.41 Å². The van der Waals surface area contributed by atoms with Crippen LogP contribution in [-0.2, 0) is 9.53 Å². The van der Waals surface area contributed by atoms with Gasteiger partial charge in [-0.05, 0) is 52.5 Å². The molecule has 1 saturated carbocycles. The van der Waals surface area contributed by atoms with E-state index in [-0.39, 0.29) is 17.1 Å². The minimum atomic E-state index is -0.0996. The Hall–Kier alpha value is -0.630. The Balaban J connectivity index is 2.24. The summed E-state index contributed by atoms with van der Waals surface area (Å²) in [6.45, 7) is 8.62. The summed E-state index contributed by atoms with van der Waals surface area (Å²) in [5.74, 6) is 0.300. The lowest BCUT2D eigenvalue weighted by atomic mass is 9.64. The smallest absolute Gasteiger partial charge is 0.155 e. The summed E-state index contributed by atoms with van der Waals surface area (Å²) in [5, 5.41) is 0. The molecule has 0 radical (unpaired) electrons. The van der Waals surface area contributed by atoms with Gasteiger partial charge in [0.15, 0.2) is 5.78 Å². The Morgan fingerprint density at radius 3 is 2.71 bits per heavy atom. The molecule has 0 heterocycles. The Morgan fingerprint density at radius 1 is 1.35 bits per heavy atom. The molecule has 2 heteroatoms. The fourth-order valence-corrected chi connectivity index (χ4v) is 3.11. The minimum Gasteiger partial charge on any atom is -0.372 e. The van der Waals surface area contributed by atoms with E-state index in [1.165, 1.54) is 5.57 Å². The summed E-state index contributed by atoms with van der Waals surface area (Å²) < 4.78 is 6.23. The van der Waals surface area contributed by atoms with E-state index in [4.69, 9.17) is 4.74 Å². The van der Waals surface area contributed by atoms with Crippen LogP contribution in [0.2, 0.25) is 0 Å². The van der Waals surface area contributed by atoms with E-state index in [1.54, 1.807) is 0 Å². The van der Waals surface area contributed by atoms with Gasteiger partial charge >= 0.3 is 0 Å². The number of hydrogen-bond donors (Lipinski definition) is 0. The molecule has 0 aliphatic heterocycles. The van der Waals surface area contributed by atoms with Gasteiger partial charge in [0.05, 0.1) is 11.7 Å². The molecule has 2 atom stereocenters. The molecule has 96 valence electrons. The van der Waals surface area contributed by atoms with Crippen molar-refractivity contribution in [3.8, 4) is 0 Å². The third-order valence-electron chi connectivity index (χ3n) is 4.08. The molecule has 0 amide bonds. The molecule has 0 aromatic carbocycles. The molecule has 2 rings (SSSR count). The molecule has 0 spiro atoms. The molecule has 0 aromatic heterocycles. The summed E-state index contributed by atoms with van der Waals surface area (Å²) in [6.07, 6.45) is 7.15. The van der Waals surface area contributed by atoms with Crippen LogP contribution in [0.4, 0.5) is 0 Å². The molecule has 17 heavy (non-hydrogen) atoms. The van der Waals surface area contributed by atoms with Crippen LogP contribution in [0.1, 0.15) is 59.8 Å². The number of rotatable bonds is 1. The van der Waals surface area contributed by atoms with Crippen LogP contribution < -0.4 is 0 Å². The fourth-order valence-electron chi connectivity index (χ4n) is 3.11. The lowest BCUT2D eigenvalue weighted by molar-refractivity contribution is -0.126. The van der Waals surface area contributed by atoms with Crippen molar-refractivity contribution < 1.29 is 9.53 Å². The highest BCUT2D eigenvalue weighted by molar-refractivity contribution is 5.91. The average Bonchev–Trinajstić information content (AvgIpc) is 2.19. The Labute approximate surface area is 104 Å². The van der Waals surface area contributed by atoms with Crippen LogP contribution in [0.15, 0.2) is 11.6 Å². The maximum atomic E-state index is 11.5. The van der Waals surface area contributed by atoms with Gasteiger partial charge in [-0.2, -0.15) is 0 Å². The molecule has 0 saturated heterocycles. The van der Waals surface area contributed by atoms with Crippen molar-refractivity contribution in [3.05, 3.63) is 11.6 Å². The maximum Gasteiger partial charge on any atom is 0.155 e. The van der Waals surface area contributed by atoms with Crippen molar-refractivity contribution in [1.29, 1.82) is 0 Å². The third kappa shape index (κ3) is 2.62. The van der Waals surface area contributed by atoms with Crippen molar-refractivity contribution in [2.45, 2.75) is 71.5 Å². The van der Waals surface area contributed by atoms with Gasteiger partial charge in [0.2, 0.25) is 0 Å². The van der Waals surface area contributed by atoms with Crippen LogP contribution >= 0.6 is 0 Å². The highest BCUT2D eigenvalue weighted by atomic mass is 16.5. The van der Waals surface area contributed by atoms with Crippen molar-refractivity contribution in [2.24, 2.45) is 5.41 Å². The Kier molecular flexibility index (Phi) is 3.19. The number of fused-ring (bicyclic) bond motifs is 1. The third-order valence-corrected chi connectivity index (χ3v) is 4.08. The zero-order valence-electron chi connectivity index (χ0n) is 11.5. The maximum absolute atomic E-state index is 11.5. The Morgan fingerprint density at radius 2 is 2.06 bits per heavy atom. The monoisotopic (exact) mass is 236 g/mol. The molecule has 2 aliphatic carbocycles. The first kappa shape index (κ1) is 12.8. The first-order valence-electron chi connectivity index (χ1n) is 6.73. The minimum absolute atomic E-state index is 0.0967. The van der Waals surface area contributed by atoms with Gasteiger partial charge in [-0.3, -0.25) is 4.79 Å². The second kappa shape index (κ2) is 4.24. The molecular formula is C15H24O2. The number of hydrogen-bond acceptors (Lipinski definition) is 2. The van der Waals surface area contributed by atoms with E-state index in [2.05, 4.69) is 27.7 Å². The molecule has 0 aromatic rings. The van der Waals surface area contributed by atoms with Crippen molar-refractivity contribution in [1.82, 2.24) is 0 Å². The zero-order chi connectivity index (χ0) is 12.7. The predicted octanol–water partition coefficient (Wildman–Crippen LogP) is 3.65. The van der Waals surface area contributed by atoms with Crippen molar-refractivity contribution >= 4 is 5.78 Å². The molecular weight excluding hydrogens is 212 g/mol. The summed E-state index contributed by atoms with van der Waals surface area (Å²) >= 11 is 0. The molecule has 2 aliphatic rings. The van der Waals surface area contributed by atoms with Crippen molar-refractivity contribution in [3.63, 3.8) is 0 Å². The molecule has 2 unspecified atom stereocenters. The van der Waals surface area contributed by atoms with Gasteiger partial charge in [0, 0.05) is 11.8 Å². The number of carbonyl (C=O) groups is 1. The quantitative estimate of drug-likeness (QED) is 0.694. The number of ether oxygens (including phenoxy) is 1. The van der Waals surface area contributed by atoms with E-state index in [9.17, 15) is 4.79 Å². The second-order valence-corrected chi connectivity index (χ2v) is 6.66. The summed E-state index contributed by atoms with van der Waals surface area (Å²) in [5.41, 5.74) is 1.33. The number of allylic oxidation sites excluding steroid dienone is 1. The lowest BCUT2D eigenvalue weighted by Crippen LogP contribution is -2.45. The van der Waals surface area contributed by atoms with E-state index >= 15 is 0 Å². The predicted molar refractivity (Wildman–Crippen MR) is 68.9 cm³/mol. The highest BCUT2D eigenvalue weighted by Crippen LogP contribution is 2.48. The van der Waals surface area contributed by atoms with Gasteiger partial charge in [0.1, 0.15) is 0 Å². The van der Waals surface area contributed by atoms with Crippen LogP contribution in [0.3, 0.4) is 0 Å². The molecule has 0 N–H and O–H groups in total. The summed E-state index contributed by atoms with van der Waals surface area (Å²) in [7, 11) is 0. The zero-order valence-corrected chi connectivity index (χ0v) is 11.5. The lowest BCUT2D eigenvalue weighted by Gasteiger charge is -2.47. The van der Waals surface area contributed by atoms with Crippen LogP contribution in [-0.4, -0.2) is 17.5 Å². The van der Waals surface area contributed by atoms with Gasteiger partial charge in [-0.1, -0.05) is 12.5 Å². The SMILES string of the molecule is CC(C)(C)OC1CCCC2=CC(=O)CCC21C. The van der Waals surface area contributed by atoms with Gasteiger partial charge < -0.3 is 4.74 Å². The van der Waals surface area contributed by atoms with E-state index in [0.29, 0.717) is 12.2 Å². The van der Waals surface area contributed by atoms with E-state index in [0.717, 1.165) is 25.7 Å². The second-order valence-electron chi connectivity index (χ2n) is 6.66. The molecule has 1 fully saturated rings. The van der Waals surface area contributed by atoms with Crippen molar-refractivity contribution in [2.75, 3.05) is 0 Å². The first-order valence-corrected chi connectivity index (χ1v) is 6.73. The number of carbonyl (C=O) groups excluding carboxylic acids is 1. The first-order chi connectivity index (χ1) is 7.81. The standard InChI is InChI=1S/C15H24O2/c1-14(2,3)17-13-7-5-6-11-10-12(16)8-9-15(11,13)4/h10,13H,5-9H2,1-4H3. The topological polar surface area (TPSA) is 26.3 Å². The van der Waals surface area contributed by atoms with E-state index in [1.807, 2.05) is 6.08 Å². The van der Waals surface area contributed by atoms with Gasteiger partial charge in [-0.25, -0.2) is 0 Å². The highest BCUT2D eigenvalue weighted by Gasteiger charge is 2.44. The van der Waals surface area contributed by atoms with Crippen LogP contribution in [0.25, 0.3) is 0 Å². The summed E-state index contributed by atoms with van der Waals surface area (Å²) in [4.78, 5) is 11.5. The average molecular weight is 236 g/mol. The van der Waals surface area contributed by atoms with Gasteiger partial charge in [0.25, 0.3) is 0 Å². The number of ketones is 1. The van der Waals surface area contributed by atoms with Gasteiger partial charge in [-0.15, -0.1) is 0 Å². The summed E-state index contributed by atoms with van der Waals surface area (Å²) in [6, 6.07) is 0. The molecule has 2 nitrogen and oxygen atoms in total. The van der Waals surface area contributed by atoms with E-state index < -0.39 is 0 Å². The largest absolute Gasteiger partial charge is 0.372 e. The fraction of sp³-hybridized carbons (Fsp3) is 0.800. The normalized spacial score (nSPS) is 34.2. The Bertz CT molecular complexity index is 348.